The molecule has 0 spiro atoms. The molecule has 0 aromatic heterocycles. The Morgan fingerprint density at radius 2 is 1.85 bits per heavy atom. The molecule has 6 heteroatoms. The zero-order valence-corrected chi connectivity index (χ0v) is 11.0. The summed E-state index contributed by atoms with van der Waals surface area (Å²) in [6.45, 7) is 3.29. The topological polar surface area (TPSA) is 78.4 Å². The second-order valence-electron chi connectivity index (χ2n) is 4.45. The molecule has 0 bridgehead atoms. The maximum absolute atomic E-state index is 13.4. The van der Waals surface area contributed by atoms with Crippen LogP contribution >= 0.6 is 0 Å². The maximum Gasteiger partial charge on any atom is 0.314 e. The van der Waals surface area contributed by atoms with Crippen molar-refractivity contribution in [2.75, 3.05) is 5.73 Å². The van der Waals surface area contributed by atoms with Gasteiger partial charge in [0.15, 0.2) is 0 Å². The van der Waals surface area contributed by atoms with Crippen molar-refractivity contribution >= 4 is 11.4 Å². The first kappa shape index (κ1) is 13.8. The minimum absolute atomic E-state index is 0.00164. The number of anilines is 1. The van der Waals surface area contributed by atoms with Crippen LogP contribution in [-0.4, -0.2) is 4.92 Å². The number of nitrogens with two attached hydrogens (primary N) is 1. The Morgan fingerprint density at radius 1 is 1.15 bits per heavy atom. The first-order chi connectivity index (χ1) is 9.38. The molecule has 20 heavy (non-hydrogen) atoms. The quantitative estimate of drug-likeness (QED) is 0.526. The lowest BCUT2D eigenvalue weighted by molar-refractivity contribution is -0.385. The van der Waals surface area contributed by atoms with Crippen molar-refractivity contribution in [3.05, 3.63) is 57.4 Å². The molecular weight excluding hydrogens is 263 g/mol. The fourth-order valence-electron chi connectivity index (χ4n) is 1.77. The van der Waals surface area contributed by atoms with E-state index in [9.17, 15) is 14.5 Å². The molecule has 0 amide bonds. The third kappa shape index (κ3) is 2.69. The standard InChI is InChI=1S/C14H13FN2O3/c1-8-6-14(12(17(18)19)7-11(8)15)20-13-4-3-10(16)5-9(13)2/h3-7H,16H2,1-2H3. The van der Waals surface area contributed by atoms with E-state index in [0.29, 0.717) is 11.4 Å². The Morgan fingerprint density at radius 3 is 2.45 bits per heavy atom. The van der Waals surface area contributed by atoms with Crippen LogP contribution in [0.2, 0.25) is 0 Å². The molecule has 5 nitrogen and oxygen atoms in total. The van der Waals surface area contributed by atoms with E-state index in [4.69, 9.17) is 10.5 Å². The molecule has 2 aromatic rings. The van der Waals surface area contributed by atoms with E-state index in [0.717, 1.165) is 11.6 Å². The number of aryl methyl sites for hydroxylation is 2. The fourth-order valence-corrected chi connectivity index (χ4v) is 1.77. The van der Waals surface area contributed by atoms with E-state index < -0.39 is 16.4 Å². The van der Waals surface area contributed by atoms with Crippen molar-refractivity contribution in [1.82, 2.24) is 0 Å². The molecule has 0 aliphatic carbocycles. The van der Waals surface area contributed by atoms with Gasteiger partial charge in [-0.25, -0.2) is 4.39 Å². The van der Waals surface area contributed by atoms with E-state index in [-0.39, 0.29) is 11.3 Å². The predicted octanol–water partition coefficient (Wildman–Crippen LogP) is 3.73. The van der Waals surface area contributed by atoms with Gasteiger partial charge in [-0.2, -0.15) is 0 Å². The number of hydrogen-bond acceptors (Lipinski definition) is 4. The first-order valence-corrected chi connectivity index (χ1v) is 5.87. The molecule has 0 saturated carbocycles. The number of nitrogen functional groups attached to an aromatic ring is 1. The highest BCUT2D eigenvalue weighted by Gasteiger charge is 2.19. The van der Waals surface area contributed by atoms with Gasteiger partial charge in [0.25, 0.3) is 0 Å². The summed E-state index contributed by atoms with van der Waals surface area (Å²) in [5.74, 6) is -0.201. The van der Waals surface area contributed by atoms with Crippen molar-refractivity contribution in [2.24, 2.45) is 0 Å². The van der Waals surface area contributed by atoms with Crippen LogP contribution in [0.25, 0.3) is 0 Å². The lowest BCUT2D eigenvalue weighted by Gasteiger charge is -2.10. The van der Waals surface area contributed by atoms with Crippen molar-refractivity contribution < 1.29 is 14.1 Å². The normalized spacial score (nSPS) is 10.3. The molecule has 104 valence electrons. The average molecular weight is 276 g/mol. The number of rotatable bonds is 3. The SMILES string of the molecule is Cc1cc(Oc2ccc(N)cc2C)c([N+](=O)[O-])cc1F. The summed E-state index contributed by atoms with van der Waals surface area (Å²) in [7, 11) is 0. The number of ether oxygens (including phenoxy) is 1. The van der Waals surface area contributed by atoms with Gasteiger partial charge < -0.3 is 10.5 Å². The third-order valence-corrected chi connectivity index (χ3v) is 2.86. The van der Waals surface area contributed by atoms with Gasteiger partial charge in [0.1, 0.15) is 11.6 Å². The molecule has 0 radical (unpaired) electrons. The zero-order chi connectivity index (χ0) is 14.9. The van der Waals surface area contributed by atoms with Crippen LogP contribution in [0.15, 0.2) is 30.3 Å². The van der Waals surface area contributed by atoms with Gasteiger partial charge in [0, 0.05) is 5.69 Å². The molecule has 0 fully saturated rings. The lowest BCUT2D eigenvalue weighted by Crippen LogP contribution is -1.97. The van der Waals surface area contributed by atoms with E-state index >= 15 is 0 Å². The highest BCUT2D eigenvalue weighted by Crippen LogP contribution is 2.35. The third-order valence-electron chi connectivity index (χ3n) is 2.86. The number of nitro benzene ring substituents is 1. The van der Waals surface area contributed by atoms with Gasteiger partial charge in [0.2, 0.25) is 5.75 Å². The summed E-state index contributed by atoms with van der Waals surface area (Å²) < 4.78 is 18.9. The number of halogens is 1. The Balaban J connectivity index is 2.47. The van der Waals surface area contributed by atoms with Gasteiger partial charge in [-0.3, -0.25) is 10.1 Å². The minimum Gasteiger partial charge on any atom is -0.450 e. The number of nitrogens with zero attached hydrogens (tertiary/aromatic N) is 1. The Labute approximate surface area is 114 Å². The maximum atomic E-state index is 13.4. The van der Waals surface area contributed by atoms with Gasteiger partial charge in [-0.1, -0.05) is 0 Å². The predicted molar refractivity (Wildman–Crippen MR) is 73.5 cm³/mol. The van der Waals surface area contributed by atoms with E-state index in [1.54, 1.807) is 25.1 Å². The van der Waals surface area contributed by atoms with Crippen LogP contribution in [0.1, 0.15) is 11.1 Å². The number of hydrogen-bond donors (Lipinski definition) is 1. The molecule has 0 aliphatic heterocycles. The minimum atomic E-state index is -0.676. The van der Waals surface area contributed by atoms with Gasteiger partial charge in [0.05, 0.1) is 11.0 Å². The largest absolute Gasteiger partial charge is 0.450 e. The van der Waals surface area contributed by atoms with E-state index in [2.05, 4.69) is 0 Å². The Bertz CT molecular complexity index is 686. The second-order valence-corrected chi connectivity index (χ2v) is 4.45. The van der Waals surface area contributed by atoms with Gasteiger partial charge >= 0.3 is 5.69 Å². The summed E-state index contributed by atoms with van der Waals surface area (Å²) in [6.07, 6.45) is 0. The van der Waals surface area contributed by atoms with Crippen LogP contribution < -0.4 is 10.5 Å². The smallest absolute Gasteiger partial charge is 0.314 e. The summed E-state index contributed by atoms with van der Waals surface area (Å²) >= 11 is 0. The summed E-state index contributed by atoms with van der Waals surface area (Å²) in [4.78, 5) is 10.3. The fraction of sp³-hybridized carbons (Fsp3) is 0.143. The van der Waals surface area contributed by atoms with Crippen LogP contribution in [0.5, 0.6) is 11.5 Å². The van der Waals surface area contributed by atoms with Crippen LogP contribution in [0.3, 0.4) is 0 Å². The molecule has 0 saturated heterocycles. The second kappa shape index (κ2) is 5.16. The van der Waals surface area contributed by atoms with E-state index in [1.165, 1.54) is 13.0 Å². The van der Waals surface area contributed by atoms with Gasteiger partial charge in [-0.15, -0.1) is 0 Å². The molecule has 2 aromatic carbocycles. The molecular formula is C14H13FN2O3. The van der Waals surface area contributed by atoms with E-state index in [1.807, 2.05) is 0 Å². The summed E-state index contributed by atoms with van der Waals surface area (Å²) in [5, 5.41) is 11.0. The highest BCUT2D eigenvalue weighted by atomic mass is 19.1. The Hall–Kier alpha value is -2.63. The summed E-state index contributed by atoms with van der Waals surface area (Å²) in [5.41, 5.74) is 6.80. The monoisotopic (exact) mass is 276 g/mol. The number of benzene rings is 2. The van der Waals surface area contributed by atoms with Gasteiger partial charge in [-0.05, 0) is 49.2 Å². The number of nitro groups is 1. The molecule has 2 N–H and O–H groups in total. The van der Waals surface area contributed by atoms with Crippen molar-refractivity contribution in [2.45, 2.75) is 13.8 Å². The van der Waals surface area contributed by atoms with Crippen LogP contribution in [-0.2, 0) is 0 Å². The molecule has 2 rings (SSSR count). The Kier molecular flexibility index (Phi) is 3.56. The lowest BCUT2D eigenvalue weighted by atomic mass is 10.2. The zero-order valence-electron chi connectivity index (χ0n) is 11.0. The molecule has 0 aliphatic rings. The average Bonchev–Trinajstić information content (AvgIpc) is 2.36. The molecule has 0 unspecified atom stereocenters. The molecule has 0 atom stereocenters. The molecule has 0 heterocycles. The van der Waals surface area contributed by atoms with Crippen molar-refractivity contribution in [3.8, 4) is 11.5 Å². The first-order valence-electron chi connectivity index (χ1n) is 5.87. The van der Waals surface area contributed by atoms with Crippen LogP contribution in [0, 0.1) is 29.8 Å². The van der Waals surface area contributed by atoms with Crippen molar-refractivity contribution in [3.63, 3.8) is 0 Å². The van der Waals surface area contributed by atoms with Crippen LogP contribution in [0.4, 0.5) is 15.8 Å². The summed E-state index contributed by atoms with van der Waals surface area (Å²) in [6, 6.07) is 7.11. The van der Waals surface area contributed by atoms with Crippen molar-refractivity contribution in [1.29, 1.82) is 0 Å². The highest BCUT2D eigenvalue weighted by molar-refractivity contribution is 5.53.